The molecule has 0 bridgehead atoms. The molecule has 0 fully saturated rings. The van der Waals surface area contributed by atoms with E-state index in [0.717, 1.165) is 6.07 Å². The van der Waals surface area contributed by atoms with Gasteiger partial charge in [-0.15, -0.1) is 0 Å². The van der Waals surface area contributed by atoms with Crippen molar-refractivity contribution >= 4 is 44.9 Å². The second-order valence-corrected chi connectivity index (χ2v) is 10.2. The number of primary sulfonamides is 1. The van der Waals surface area contributed by atoms with Crippen LogP contribution in [0.4, 0.5) is 20.6 Å². The number of hydrogen-bond donors (Lipinski definition) is 4. The Labute approximate surface area is 212 Å². The van der Waals surface area contributed by atoms with E-state index in [1.165, 1.54) is 30.3 Å². The third kappa shape index (κ3) is 5.56. The van der Waals surface area contributed by atoms with Gasteiger partial charge in [0.15, 0.2) is 0 Å². The first-order valence-corrected chi connectivity index (χ1v) is 12.7. The lowest BCUT2D eigenvalue weighted by Gasteiger charge is -2.29. The standard InChI is InChI=1S/C25H22ClFN4O4S/c26-17-8-10-18(11-9-17)29-24(33)31-25(13-3-4-14-25)23(32)30-21-12-7-16(15-20(21)27)19-5-1-2-6-22(19)36(28,34)35/h1-12,15H,13-14H2,(H,30,32)(H2,28,34,35)(H2,29,31,33). The van der Waals surface area contributed by atoms with Crippen LogP contribution in [-0.2, 0) is 14.8 Å². The number of nitrogens with one attached hydrogen (secondary N) is 3. The van der Waals surface area contributed by atoms with Crippen LogP contribution >= 0.6 is 11.6 Å². The molecular formula is C25H22ClFN4O4S. The van der Waals surface area contributed by atoms with E-state index >= 15 is 0 Å². The quantitative estimate of drug-likeness (QED) is 0.347. The summed E-state index contributed by atoms with van der Waals surface area (Å²) in [6.45, 7) is 0. The second kappa shape index (κ2) is 10.1. The topological polar surface area (TPSA) is 130 Å². The highest BCUT2D eigenvalue weighted by molar-refractivity contribution is 7.89. The van der Waals surface area contributed by atoms with Crippen LogP contribution < -0.4 is 21.1 Å². The minimum atomic E-state index is -4.03. The number of carbonyl (C=O) groups excluding carboxylic acids is 2. The summed E-state index contributed by atoms with van der Waals surface area (Å²) in [5.74, 6) is -1.38. The van der Waals surface area contributed by atoms with E-state index in [4.69, 9.17) is 16.7 Å². The van der Waals surface area contributed by atoms with Crippen LogP contribution in [0, 0.1) is 5.82 Å². The zero-order chi connectivity index (χ0) is 25.9. The number of sulfonamides is 1. The number of benzene rings is 3. The molecule has 1 aliphatic rings. The summed E-state index contributed by atoms with van der Waals surface area (Å²) in [7, 11) is -4.03. The lowest BCUT2D eigenvalue weighted by atomic mass is 9.95. The van der Waals surface area contributed by atoms with Crippen molar-refractivity contribution in [2.24, 2.45) is 5.14 Å². The fourth-order valence-electron chi connectivity index (χ4n) is 3.89. The zero-order valence-electron chi connectivity index (χ0n) is 18.8. The van der Waals surface area contributed by atoms with Crippen LogP contribution in [0.15, 0.2) is 83.8 Å². The number of rotatable bonds is 6. The van der Waals surface area contributed by atoms with Crippen molar-refractivity contribution in [1.82, 2.24) is 5.32 Å². The van der Waals surface area contributed by atoms with Gasteiger partial charge in [0.1, 0.15) is 11.4 Å². The lowest BCUT2D eigenvalue weighted by Crippen LogP contribution is -2.56. The van der Waals surface area contributed by atoms with Crippen LogP contribution in [0.25, 0.3) is 11.1 Å². The molecule has 0 radical (unpaired) electrons. The molecule has 8 nitrogen and oxygen atoms in total. The summed E-state index contributed by atoms with van der Waals surface area (Å²) < 4.78 is 38.8. The predicted molar refractivity (Wildman–Crippen MR) is 137 cm³/mol. The minimum Gasteiger partial charge on any atom is -0.323 e. The molecule has 0 aliphatic heterocycles. The average Bonchev–Trinajstić information content (AvgIpc) is 3.31. The third-order valence-corrected chi connectivity index (χ3v) is 6.93. The predicted octanol–water partition coefficient (Wildman–Crippen LogP) is 4.64. The Balaban J connectivity index is 1.52. The molecule has 0 heterocycles. The van der Waals surface area contributed by atoms with Crippen LogP contribution in [0.3, 0.4) is 0 Å². The van der Waals surface area contributed by atoms with E-state index in [2.05, 4.69) is 16.0 Å². The Bertz CT molecular complexity index is 1450. The van der Waals surface area contributed by atoms with Crippen molar-refractivity contribution < 1.29 is 22.4 Å². The van der Waals surface area contributed by atoms with Gasteiger partial charge in [0.05, 0.1) is 10.6 Å². The number of hydrogen-bond acceptors (Lipinski definition) is 4. The molecule has 5 N–H and O–H groups in total. The lowest BCUT2D eigenvalue weighted by molar-refractivity contribution is -0.121. The number of amides is 3. The minimum absolute atomic E-state index is 0.122. The smallest absolute Gasteiger partial charge is 0.320 e. The van der Waals surface area contributed by atoms with Crippen LogP contribution in [0.5, 0.6) is 0 Å². The molecule has 3 aromatic carbocycles. The maximum atomic E-state index is 15.0. The molecule has 36 heavy (non-hydrogen) atoms. The highest BCUT2D eigenvalue weighted by Crippen LogP contribution is 2.31. The van der Waals surface area contributed by atoms with Crippen molar-refractivity contribution in [3.63, 3.8) is 0 Å². The van der Waals surface area contributed by atoms with E-state index in [1.54, 1.807) is 42.5 Å². The summed E-state index contributed by atoms with van der Waals surface area (Å²) in [6.07, 6.45) is 3.94. The monoisotopic (exact) mass is 528 g/mol. The SMILES string of the molecule is NS(=O)(=O)c1ccccc1-c1ccc(NC(=O)C2(NC(=O)Nc3ccc(Cl)cc3)CC=CC2)c(F)c1. The molecule has 3 aromatic rings. The van der Waals surface area contributed by atoms with Crippen LogP contribution in [0.2, 0.25) is 5.02 Å². The fourth-order valence-corrected chi connectivity index (χ4v) is 4.78. The highest BCUT2D eigenvalue weighted by atomic mass is 35.5. The number of nitrogens with two attached hydrogens (primary N) is 1. The molecule has 11 heteroatoms. The Morgan fingerprint density at radius 1 is 0.944 bits per heavy atom. The third-order valence-electron chi connectivity index (χ3n) is 5.71. The average molecular weight is 529 g/mol. The summed E-state index contributed by atoms with van der Waals surface area (Å²) >= 11 is 5.86. The largest absolute Gasteiger partial charge is 0.323 e. The van der Waals surface area contributed by atoms with Crippen molar-refractivity contribution in [3.05, 3.63) is 89.7 Å². The zero-order valence-corrected chi connectivity index (χ0v) is 20.4. The maximum Gasteiger partial charge on any atom is 0.320 e. The van der Waals surface area contributed by atoms with Gasteiger partial charge >= 0.3 is 6.03 Å². The molecule has 186 valence electrons. The van der Waals surface area contributed by atoms with E-state index < -0.39 is 33.3 Å². The molecule has 4 rings (SSSR count). The van der Waals surface area contributed by atoms with Gasteiger partial charge in [0.25, 0.3) is 5.91 Å². The van der Waals surface area contributed by atoms with Gasteiger partial charge in [-0.1, -0.05) is 48.0 Å². The number of anilines is 2. The molecular weight excluding hydrogens is 507 g/mol. The normalized spacial score (nSPS) is 14.3. The van der Waals surface area contributed by atoms with Gasteiger partial charge < -0.3 is 16.0 Å². The van der Waals surface area contributed by atoms with Gasteiger partial charge in [-0.3, -0.25) is 4.79 Å². The van der Waals surface area contributed by atoms with Crippen molar-refractivity contribution in [1.29, 1.82) is 0 Å². The molecule has 0 aromatic heterocycles. The number of carbonyl (C=O) groups is 2. The van der Waals surface area contributed by atoms with Crippen molar-refractivity contribution in [2.75, 3.05) is 10.6 Å². The van der Waals surface area contributed by atoms with Gasteiger partial charge in [-0.25, -0.2) is 22.7 Å². The first-order chi connectivity index (χ1) is 17.1. The second-order valence-electron chi connectivity index (χ2n) is 8.24. The summed E-state index contributed by atoms with van der Waals surface area (Å²) in [6, 6.07) is 15.7. The van der Waals surface area contributed by atoms with Gasteiger partial charge in [0.2, 0.25) is 10.0 Å². The number of halogens is 2. The first kappa shape index (κ1) is 25.4. The fraction of sp³-hybridized carbons (Fsp3) is 0.120. The Kier molecular flexibility index (Phi) is 7.11. The summed E-state index contributed by atoms with van der Waals surface area (Å²) in [4.78, 5) is 25.6. The Hall–Kier alpha value is -3.73. The van der Waals surface area contributed by atoms with Gasteiger partial charge in [-0.2, -0.15) is 0 Å². The molecule has 0 saturated heterocycles. The maximum absolute atomic E-state index is 15.0. The summed E-state index contributed by atoms with van der Waals surface area (Å²) in [5, 5.41) is 13.7. The van der Waals surface area contributed by atoms with E-state index in [1.807, 2.05) is 0 Å². The van der Waals surface area contributed by atoms with Crippen molar-refractivity contribution in [3.8, 4) is 11.1 Å². The first-order valence-electron chi connectivity index (χ1n) is 10.8. The molecule has 0 unspecified atom stereocenters. The number of urea groups is 1. The molecule has 0 saturated carbocycles. The van der Waals surface area contributed by atoms with E-state index in [9.17, 15) is 22.4 Å². The molecule has 1 aliphatic carbocycles. The van der Waals surface area contributed by atoms with Gasteiger partial charge in [0, 0.05) is 16.3 Å². The van der Waals surface area contributed by atoms with Crippen LogP contribution in [0.1, 0.15) is 12.8 Å². The Morgan fingerprint density at radius 2 is 1.61 bits per heavy atom. The summed E-state index contributed by atoms with van der Waals surface area (Å²) in [5.41, 5.74) is -0.452. The highest BCUT2D eigenvalue weighted by Gasteiger charge is 2.40. The Morgan fingerprint density at radius 3 is 2.25 bits per heavy atom. The molecule has 3 amide bonds. The van der Waals surface area contributed by atoms with E-state index in [-0.39, 0.29) is 34.6 Å². The molecule has 0 spiro atoms. The molecule has 0 atom stereocenters. The van der Waals surface area contributed by atoms with E-state index in [0.29, 0.717) is 10.7 Å². The van der Waals surface area contributed by atoms with Crippen LogP contribution in [-0.4, -0.2) is 25.9 Å². The van der Waals surface area contributed by atoms with Gasteiger partial charge in [-0.05, 0) is 60.9 Å². The van der Waals surface area contributed by atoms with Crippen molar-refractivity contribution in [2.45, 2.75) is 23.3 Å².